The molecule has 1 rings (SSSR count). The van der Waals surface area contributed by atoms with Gasteiger partial charge in [0.2, 0.25) is 0 Å². The average Bonchev–Trinajstić information content (AvgIpc) is 2.14. The minimum Gasteiger partial charge on any atom is -0.285 e. The number of carbonyl (C=O) groups excluding carboxylic acids is 1. The van der Waals surface area contributed by atoms with Gasteiger partial charge in [-0.15, -0.1) is 0 Å². The summed E-state index contributed by atoms with van der Waals surface area (Å²) in [7, 11) is 0. The normalized spacial score (nSPS) is 12.1. The number of ketones is 1. The molecule has 1 aromatic carbocycles. The predicted molar refractivity (Wildman–Crippen MR) is 46.5 cm³/mol. The lowest BCUT2D eigenvalue weighted by Gasteiger charge is -2.00. The SMILES string of the molecule is O=C(/C=C/c1ccc(F)cc1F)C(F)(F)F. The fraction of sp³-hybridized carbons (Fsp3) is 0.100. The van der Waals surface area contributed by atoms with E-state index in [1.165, 1.54) is 0 Å². The molecule has 0 N–H and O–H groups in total. The van der Waals surface area contributed by atoms with E-state index in [2.05, 4.69) is 0 Å². The second-order valence-corrected chi connectivity index (χ2v) is 2.86. The van der Waals surface area contributed by atoms with Gasteiger partial charge >= 0.3 is 6.18 Å². The van der Waals surface area contributed by atoms with Crippen molar-refractivity contribution < 1.29 is 26.7 Å². The van der Waals surface area contributed by atoms with Crippen molar-refractivity contribution in [1.82, 2.24) is 0 Å². The van der Waals surface area contributed by atoms with Gasteiger partial charge in [-0.1, -0.05) is 0 Å². The van der Waals surface area contributed by atoms with E-state index in [-0.39, 0.29) is 11.6 Å². The van der Waals surface area contributed by atoms with E-state index in [0.29, 0.717) is 12.1 Å². The largest absolute Gasteiger partial charge is 0.454 e. The van der Waals surface area contributed by atoms with Crippen molar-refractivity contribution in [3.63, 3.8) is 0 Å². The summed E-state index contributed by atoms with van der Waals surface area (Å²) in [5.74, 6) is -3.99. The third-order valence-corrected chi connectivity index (χ3v) is 1.66. The van der Waals surface area contributed by atoms with Gasteiger partial charge in [-0.25, -0.2) is 8.78 Å². The van der Waals surface area contributed by atoms with Crippen molar-refractivity contribution in [2.45, 2.75) is 6.18 Å². The van der Waals surface area contributed by atoms with Crippen LogP contribution in [0.25, 0.3) is 6.08 Å². The third-order valence-electron chi connectivity index (χ3n) is 1.66. The van der Waals surface area contributed by atoms with Crippen LogP contribution >= 0.6 is 0 Å². The van der Waals surface area contributed by atoms with E-state index in [0.717, 1.165) is 12.1 Å². The Balaban J connectivity index is 2.89. The molecule has 0 fully saturated rings. The fourth-order valence-electron chi connectivity index (χ4n) is 0.897. The van der Waals surface area contributed by atoms with Gasteiger partial charge in [-0.05, 0) is 24.3 Å². The molecule has 0 aliphatic rings. The molecule has 0 unspecified atom stereocenters. The average molecular weight is 236 g/mol. The van der Waals surface area contributed by atoms with Gasteiger partial charge in [0.15, 0.2) is 0 Å². The zero-order valence-corrected chi connectivity index (χ0v) is 7.68. The highest BCUT2D eigenvalue weighted by Gasteiger charge is 2.35. The number of benzene rings is 1. The van der Waals surface area contributed by atoms with Crippen LogP contribution in [0.3, 0.4) is 0 Å². The van der Waals surface area contributed by atoms with E-state index in [4.69, 9.17) is 0 Å². The number of carbonyl (C=O) groups is 1. The summed E-state index contributed by atoms with van der Waals surface area (Å²) in [5.41, 5.74) is -0.293. The highest BCUT2D eigenvalue weighted by Crippen LogP contribution is 2.18. The Hall–Kier alpha value is -1.72. The summed E-state index contributed by atoms with van der Waals surface area (Å²) in [4.78, 5) is 10.4. The summed E-state index contributed by atoms with van der Waals surface area (Å²) in [5, 5.41) is 0. The van der Waals surface area contributed by atoms with Gasteiger partial charge in [0, 0.05) is 11.6 Å². The van der Waals surface area contributed by atoms with E-state index < -0.39 is 23.6 Å². The van der Waals surface area contributed by atoms with Gasteiger partial charge in [0.1, 0.15) is 11.6 Å². The lowest BCUT2D eigenvalue weighted by molar-refractivity contribution is -0.165. The van der Waals surface area contributed by atoms with Crippen molar-refractivity contribution in [2.75, 3.05) is 0 Å². The first-order valence-electron chi connectivity index (χ1n) is 4.05. The van der Waals surface area contributed by atoms with Gasteiger partial charge < -0.3 is 0 Å². The van der Waals surface area contributed by atoms with E-state index in [1.807, 2.05) is 0 Å². The number of hydrogen-bond acceptors (Lipinski definition) is 1. The lowest BCUT2D eigenvalue weighted by atomic mass is 10.2. The van der Waals surface area contributed by atoms with Crippen LogP contribution in [-0.4, -0.2) is 12.0 Å². The number of alkyl halides is 3. The molecule has 6 heteroatoms. The minimum atomic E-state index is -4.99. The Morgan fingerprint density at radius 2 is 1.81 bits per heavy atom. The highest BCUT2D eigenvalue weighted by atomic mass is 19.4. The smallest absolute Gasteiger partial charge is 0.285 e. The maximum atomic E-state index is 12.9. The van der Waals surface area contributed by atoms with Crippen LogP contribution in [0, 0.1) is 11.6 Å². The number of halogens is 5. The second kappa shape index (κ2) is 4.42. The number of allylic oxidation sites excluding steroid dienone is 1. The molecule has 0 heterocycles. The molecule has 16 heavy (non-hydrogen) atoms. The maximum Gasteiger partial charge on any atom is 0.454 e. The molecule has 0 bridgehead atoms. The molecular formula is C10H5F5O. The standard InChI is InChI=1S/C10H5F5O/c11-7-3-1-6(8(12)5-7)2-4-9(16)10(13,14)15/h1-5H/b4-2+. The van der Waals surface area contributed by atoms with Crippen LogP contribution in [0.15, 0.2) is 24.3 Å². The van der Waals surface area contributed by atoms with Gasteiger partial charge in [-0.3, -0.25) is 4.79 Å². The predicted octanol–water partition coefficient (Wildman–Crippen LogP) is 3.11. The molecule has 0 atom stereocenters. The van der Waals surface area contributed by atoms with E-state index >= 15 is 0 Å². The summed E-state index contributed by atoms with van der Waals surface area (Å²) in [6.07, 6.45) is -4.16. The monoisotopic (exact) mass is 236 g/mol. The quantitative estimate of drug-likeness (QED) is 0.569. The topological polar surface area (TPSA) is 17.1 Å². The number of rotatable bonds is 2. The van der Waals surface area contributed by atoms with E-state index in [1.54, 1.807) is 0 Å². The highest BCUT2D eigenvalue weighted by molar-refractivity contribution is 5.97. The lowest BCUT2D eigenvalue weighted by Crippen LogP contribution is -2.19. The Morgan fingerprint density at radius 3 is 2.31 bits per heavy atom. The first-order valence-corrected chi connectivity index (χ1v) is 4.05. The van der Waals surface area contributed by atoms with Gasteiger partial charge in [0.05, 0.1) is 0 Å². The van der Waals surface area contributed by atoms with E-state index in [9.17, 15) is 26.7 Å². The molecule has 0 saturated heterocycles. The number of hydrogen-bond donors (Lipinski definition) is 0. The van der Waals surface area contributed by atoms with Crippen LogP contribution in [0.1, 0.15) is 5.56 Å². The molecule has 0 aliphatic heterocycles. The second-order valence-electron chi connectivity index (χ2n) is 2.86. The minimum absolute atomic E-state index is 0.191. The molecule has 0 amide bonds. The Morgan fingerprint density at radius 1 is 1.19 bits per heavy atom. The molecule has 0 radical (unpaired) electrons. The third kappa shape index (κ3) is 3.15. The molecule has 0 saturated carbocycles. The van der Waals surface area contributed by atoms with Gasteiger partial charge in [-0.2, -0.15) is 13.2 Å². The van der Waals surface area contributed by atoms with Crippen LogP contribution in [0.5, 0.6) is 0 Å². The molecule has 0 aromatic heterocycles. The molecule has 0 aliphatic carbocycles. The molecule has 1 nitrogen and oxygen atoms in total. The Labute approximate surface area is 87.2 Å². The van der Waals surface area contributed by atoms with Crippen molar-refractivity contribution in [3.8, 4) is 0 Å². The molecule has 0 spiro atoms. The van der Waals surface area contributed by atoms with Crippen LogP contribution in [0.4, 0.5) is 22.0 Å². The maximum absolute atomic E-state index is 12.9. The van der Waals surface area contributed by atoms with Crippen LogP contribution < -0.4 is 0 Å². The summed E-state index contributed by atoms with van der Waals surface area (Å²) >= 11 is 0. The Bertz CT molecular complexity index is 433. The van der Waals surface area contributed by atoms with Crippen LogP contribution in [0.2, 0.25) is 0 Å². The van der Waals surface area contributed by atoms with Crippen molar-refractivity contribution in [3.05, 3.63) is 41.5 Å². The zero-order chi connectivity index (χ0) is 12.3. The fourth-order valence-corrected chi connectivity index (χ4v) is 0.897. The Kier molecular flexibility index (Phi) is 3.41. The molecule has 86 valence electrons. The summed E-state index contributed by atoms with van der Waals surface area (Å²) < 4.78 is 60.6. The van der Waals surface area contributed by atoms with Crippen molar-refractivity contribution >= 4 is 11.9 Å². The molecule has 1 aromatic rings. The summed E-state index contributed by atoms with van der Waals surface area (Å²) in [6, 6.07) is 2.32. The zero-order valence-electron chi connectivity index (χ0n) is 7.68. The van der Waals surface area contributed by atoms with Crippen molar-refractivity contribution in [2.24, 2.45) is 0 Å². The molecular weight excluding hydrogens is 231 g/mol. The van der Waals surface area contributed by atoms with Crippen LogP contribution in [-0.2, 0) is 4.79 Å². The van der Waals surface area contributed by atoms with Gasteiger partial charge in [0.25, 0.3) is 5.78 Å². The first-order chi connectivity index (χ1) is 7.30. The van der Waals surface area contributed by atoms with Crippen molar-refractivity contribution in [1.29, 1.82) is 0 Å². The first kappa shape index (κ1) is 12.4. The summed E-state index contributed by atoms with van der Waals surface area (Å²) in [6.45, 7) is 0.